The van der Waals surface area contributed by atoms with E-state index in [-0.39, 0.29) is 49.5 Å². The van der Waals surface area contributed by atoms with Gasteiger partial charge in [-0.3, -0.25) is 9.59 Å². The van der Waals surface area contributed by atoms with Crippen molar-refractivity contribution < 1.29 is 34.0 Å². The van der Waals surface area contributed by atoms with Gasteiger partial charge in [0.2, 0.25) is 6.79 Å². The van der Waals surface area contributed by atoms with E-state index in [1.807, 2.05) is 0 Å². The van der Waals surface area contributed by atoms with E-state index in [1.165, 1.54) is 0 Å². The van der Waals surface area contributed by atoms with Crippen molar-refractivity contribution in [1.82, 2.24) is 9.55 Å². The molecule has 34 heavy (non-hydrogen) atoms. The normalized spacial score (nSPS) is 19.5. The van der Waals surface area contributed by atoms with Crippen LogP contribution in [-0.2, 0) is 39.5 Å². The fraction of sp³-hybridized carbons (Fsp3) is 0.333. The summed E-state index contributed by atoms with van der Waals surface area (Å²) in [5.41, 5.74) is 1.29. The zero-order valence-electron chi connectivity index (χ0n) is 18.2. The minimum absolute atomic E-state index is 0.0378. The van der Waals surface area contributed by atoms with Crippen LogP contribution in [0.5, 0.6) is 11.5 Å². The van der Waals surface area contributed by atoms with Crippen molar-refractivity contribution in [1.29, 1.82) is 0 Å². The Bertz CT molecular complexity index is 1490. The molecular formula is C24H20N2O8. The first-order valence-electron chi connectivity index (χ1n) is 11.0. The first-order valence-corrected chi connectivity index (χ1v) is 11.0. The number of hydrogen-bond donors (Lipinski definition) is 2. The molecule has 0 fully saturated rings. The molecule has 0 bridgehead atoms. The van der Waals surface area contributed by atoms with Crippen LogP contribution in [0.3, 0.4) is 0 Å². The molecule has 174 valence electrons. The third-order valence-corrected chi connectivity index (χ3v) is 6.85. The summed E-state index contributed by atoms with van der Waals surface area (Å²) >= 11 is 0. The van der Waals surface area contributed by atoms with Crippen LogP contribution in [0.4, 0.5) is 0 Å². The molecule has 0 saturated carbocycles. The van der Waals surface area contributed by atoms with Gasteiger partial charge in [0, 0.05) is 17.5 Å². The average Bonchev–Trinajstić information content (AvgIpc) is 3.20. The third-order valence-electron chi connectivity index (χ3n) is 6.85. The highest BCUT2D eigenvalue weighted by Crippen LogP contribution is 2.47. The predicted octanol–water partition coefficient (Wildman–Crippen LogP) is 1.83. The second kappa shape index (κ2) is 7.04. The lowest BCUT2D eigenvalue weighted by molar-refractivity contribution is -0.172. The largest absolute Gasteiger partial charge is 0.481 e. The van der Waals surface area contributed by atoms with Gasteiger partial charge in [-0.05, 0) is 30.5 Å². The molecule has 10 heteroatoms. The number of aliphatic carboxylic acids is 1. The quantitative estimate of drug-likeness (QED) is 0.433. The summed E-state index contributed by atoms with van der Waals surface area (Å²) in [6.45, 7) is 1.60. The second-order valence-electron chi connectivity index (χ2n) is 8.62. The number of pyridine rings is 2. The van der Waals surface area contributed by atoms with E-state index >= 15 is 0 Å². The molecular weight excluding hydrogens is 444 g/mol. The minimum Gasteiger partial charge on any atom is -0.481 e. The summed E-state index contributed by atoms with van der Waals surface area (Å²) in [4.78, 5) is 41.6. The monoisotopic (exact) mass is 464 g/mol. The van der Waals surface area contributed by atoms with Gasteiger partial charge in [0.25, 0.3) is 5.56 Å². The molecule has 1 atom stereocenters. The lowest BCUT2D eigenvalue weighted by Gasteiger charge is -2.31. The van der Waals surface area contributed by atoms with Crippen LogP contribution < -0.4 is 15.0 Å². The molecule has 0 spiro atoms. The van der Waals surface area contributed by atoms with Gasteiger partial charge in [0.1, 0.15) is 18.1 Å². The van der Waals surface area contributed by atoms with E-state index in [4.69, 9.17) is 24.3 Å². The molecule has 3 aliphatic heterocycles. The molecule has 1 aromatic carbocycles. The number of carbonyl (C=O) groups is 2. The summed E-state index contributed by atoms with van der Waals surface area (Å²) in [5.74, 6) is -0.597. The smallest absolute Gasteiger partial charge is 0.343 e. The van der Waals surface area contributed by atoms with Gasteiger partial charge in [0.05, 0.1) is 34.4 Å². The molecule has 0 saturated heterocycles. The Hall–Kier alpha value is -3.92. The lowest BCUT2D eigenvalue weighted by atomic mass is 9.86. The van der Waals surface area contributed by atoms with Crippen molar-refractivity contribution >= 4 is 22.8 Å². The molecule has 10 nitrogen and oxygen atoms in total. The zero-order chi connectivity index (χ0) is 23.8. The van der Waals surface area contributed by atoms with Crippen LogP contribution >= 0.6 is 0 Å². The van der Waals surface area contributed by atoms with E-state index in [0.29, 0.717) is 45.8 Å². The van der Waals surface area contributed by atoms with Crippen LogP contribution in [0.25, 0.3) is 22.3 Å². The third kappa shape index (κ3) is 2.65. The summed E-state index contributed by atoms with van der Waals surface area (Å²) in [6.07, 6.45) is 0.324. The number of carboxylic acid groups (broad SMARTS) is 1. The number of fused-ring (bicyclic) bond motifs is 5. The number of carboxylic acids is 1. The molecule has 0 radical (unpaired) electrons. The number of nitrogens with zero attached hydrogens (tertiary/aromatic N) is 2. The zero-order valence-corrected chi connectivity index (χ0v) is 18.2. The molecule has 2 N–H and O–H groups in total. The molecule has 0 aliphatic carbocycles. The Morgan fingerprint density at radius 2 is 1.97 bits per heavy atom. The van der Waals surface area contributed by atoms with E-state index in [1.54, 1.807) is 29.7 Å². The Labute approximate surface area is 192 Å². The predicted molar refractivity (Wildman–Crippen MR) is 117 cm³/mol. The van der Waals surface area contributed by atoms with Gasteiger partial charge >= 0.3 is 11.9 Å². The Morgan fingerprint density at radius 3 is 2.74 bits per heavy atom. The van der Waals surface area contributed by atoms with Crippen LogP contribution in [-0.4, -0.2) is 38.5 Å². The lowest BCUT2D eigenvalue weighted by Crippen LogP contribution is -2.44. The van der Waals surface area contributed by atoms with E-state index in [2.05, 4.69) is 0 Å². The number of esters is 1. The molecule has 2 aromatic heterocycles. The van der Waals surface area contributed by atoms with Crippen molar-refractivity contribution in [2.75, 3.05) is 6.79 Å². The van der Waals surface area contributed by atoms with Crippen molar-refractivity contribution in [3.63, 3.8) is 0 Å². The molecule has 0 unspecified atom stereocenters. The number of cyclic esters (lactones) is 1. The number of aryl methyl sites for hydroxylation is 1. The van der Waals surface area contributed by atoms with E-state index in [0.717, 1.165) is 5.56 Å². The second-order valence-corrected chi connectivity index (χ2v) is 8.62. The van der Waals surface area contributed by atoms with Gasteiger partial charge in [0.15, 0.2) is 5.60 Å². The number of benzene rings is 1. The summed E-state index contributed by atoms with van der Waals surface area (Å²) in [6, 6.07) is 5.21. The summed E-state index contributed by atoms with van der Waals surface area (Å²) in [5, 5.41) is 20.7. The van der Waals surface area contributed by atoms with Gasteiger partial charge in [-0.2, -0.15) is 0 Å². The van der Waals surface area contributed by atoms with E-state index < -0.39 is 17.5 Å². The van der Waals surface area contributed by atoms with Gasteiger partial charge < -0.3 is 29.0 Å². The van der Waals surface area contributed by atoms with Crippen molar-refractivity contribution in [3.05, 3.63) is 50.8 Å². The maximum Gasteiger partial charge on any atom is 0.343 e. The number of ether oxygens (including phenoxy) is 3. The Morgan fingerprint density at radius 1 is 1.18 bits per heavy atom. The van der Waals surface area contributed by atoms with Crippen LogP contribution in [0.1, 0.15) is 42.0 Å². The standard InChI is InChI=1S/C24H20N2O8/c1-2-24(31)14-7-16-19-12(8-26(16)22(29)13(14)9-32-23(24)30)21-18-15(25-19)5-3-11(4-6-17(27)28)20(18)33-10-34-21/h3,5,7,31H,2,4,6,8-10H2,1H3,(H,27,28)/t24-/m0/s1. The molecule has 3 aliphatic rings. The Kier molecular flexibility index (Phi) is 4.28. The number of rotatable bonds is 4. The van der Waals surface area contributed by atoms with Crippen molar-refractivity contribution in [2.24, 2.45) is 0 Å². The number of hydrogen-bond acceptors (Lipinski definition) is 8. The highest BCUT2D eigenvalue weighted by molar-refractivity contribution is 5.97. The average molecular weight is 464 g/mol. The molecule has 3 aromatic rings. The van der Waals surface area contributed by atoms with Crippen LogP contribution in [0.2, 0.25) is 0 Å². The number of aliphatic hydroxyl groups is 1. The maximum absolute atomic E-state index is 13.4. The SMILES string of the molecule is CC[C@@]1(O)C(=O)OCc2c1cc1n(c2=O)Cc2c-1nc1ccc(CCC(=O)O)c3c1c2OCO3. The summed E-state index contributed by atoms with van der Waals surface area (Å²) in [7, 11) is 0. The maximum atomic E-state index is 13.4. The first kappa shape index (κ1) is 20.7. The van der Waals surface area contributed by atoms with Crippen LogP contribution in [0.15, 0.2) is 23.0 Å². The first-order chi connectivity index (χ1) is 16.3. The van der Waals surface area contributed by atoms with Crippen LogP contribution in [0, 0.1) is 0 Å². The van der Waals surface area contributed by atoms with Gasteiger partial charge in [-0.25, -0.2) is 9.78 Å². The number of aromatic nitrogens is 2. The Balaban J connectivity index is 1.58. The molecule has 5 heterocycles. The van der Waals surface area contributed by atoms with E-state index in [9.17, 15) is 19.5 Å². The number of carbonyl (C=O) groups excluding carboxylic acids is 1. The van der Waals surface area contributed by atoms with Crippen molar-refractivity contribution in [3.8, 4) is 22.9 Å². The fourth-order valence-corrected chi connectivity index (χ4v) is 5.05. The molecule has 0 amide bonds. The summed E-state index contributed by atoms with van der Waals surface area (Å²) < 4.78 is 18.3. The van der Waals surface area contributed by atoms with Gasteiger partial charge in [-0.15, -0.1) is 0 Å². The van der Waals surface area contributed by atoms with Gasteiger partial charge in [-0.1, -0.05) is 13.0 Å². The topological polar surface area (TPSA) is 137 Å². The highest BCUT2D eigenvalue weighted by Gasteiger charge is 2.45. The van der Waals surface area contributed by atoms with Crippen molar-refractivity contribution in [2.45, 2.75) is 44.9 Å². The highest BCUT2D eigenvalue weighted by atomic mass is 16.7. The molecule has 6 rings (SSSR count). The fourth-order valence-electron chi connectivity index (χ4n) is 5.05. The minimum atomic E-state index is -1.90.